The normalized spacial score (nSPS) is 12.3. The minimum absolute atomic E-state index is 0.0414. The van der Waals surface area contributed by atoms with Gasteiger partial charge in [0.05, 0.1) is 22.9 Å². The number of halogens is 1. The molecule has 0 radical (unpaired) electrons. The van der Waals surface area contributed by atoms with Gasteiger partial charge in [-0.2, -0.15) is 0 Å². The molecule has 0 unspecified atom stereocenters. The van der Waals surface area contributed by atoms with E-state index >= 15 is 0 Å². The van der Waals surface area contributed by atoms with Crippen molar-refractivity contribution in [3.05, 3.63) is 77.6 Å². The van der Waals surface area contributed by atoms with Crippen LogP contribution in [0.15, 0.2) is 64.6 Å². The van der Waals surface area contributed by atoms with Gasteiger partial charge in [-0.15, -0.1) is 16.4 Å². The SMILES string of the molecule is CN(C)[C@@H](CNC(=O)c1nc(-c2cccs2)n(-c2ccc(F)cc2)n1)c1ccco1. The maximum atomic E-state index is 13.3. The maximum Gasteiger partial charge on any atom is 0.291 e. The molecule has 7 nitrogen and oxygen atoms in total. The highest BCUT2D eigenvalue weighted by molar-refractivity contribution is 7.13. The van der Waals surface area contributed by atoms with Crippen molar-refractivity contribution in [1.29, 1.82) is 0 Å². The Morgan fingerprint density at radius 2 is 2.03 bits per heavy atom. The molecule has 1 atom stereocenters. The molecule has 3 aromatic heterocycles. The number of carbonyl (C=O) groups excluding carboxylic acids is 1. The van der Waals surface area contributed by atoms with Crippen LogP contribution < -0.4 is 5.32 Å². The topological polar surface area (TPSA) is 76.2 Å². The molecule has 1 N–H and O–H groups in total. The number of rotatable bonds is 7. The van der Waals surface area contributed by atoms with E-state index in [1.54, 1.807) is 23.1 Å². The van der Waals surface area contributed by atoms with Gasteiger partial charge in [-0.05, 0) is 61.9 Å². The van der Waals surface area contributed by atoms with Gasteiger partial charge in [0.25, 0.3) is 5.91 Å². The van der Waals surface area contributed by atoms with E-state index in [4.69, 9.17) is 4.42 Å². The zero-order valence-corrected chi connectivity index (χ0v) is 17.3. The highest BCUT2D eigenvalue weighted by atomic mass is 32.1. The first-order chi connectivity index (χ1) is 14.5. The predicted octanol–water partition coefficient (Wildman–Crippen LogP) is 3.76. The minimum atomic E-state index is -0.396. The molecule has 9 heteroatoms. The summed E-state index contributed by atoms with van der Waals surface area (Å²) >= 11 is 1.49. The lowest BCUT2D eigenvalue weighted by Gasteiger charge is -2.22. The number of aromatic nitrogens is 3. The summed E-state index contributed by atoms with van der Waals surface area (Å²) in [5, 5.41) is 9.19. The molecule has 0 aliphatic heterocycles. The summed E-state index contributed by atoms with van der Waals surface area (Å²) in [6.07, 6.45) is 1.60. The van der Waals surface area contributed by atoms with E-state index in [1.807, 2.05) is 48.6 Å². The Hall–Kier alpha value is -3.30. The number of thiophene rings is 1. The summed E-state index contributed by atoms with van der Waals surface area (Å²) in [5.41, 5.74) is 0.619. The first-order valence-electron chi connectivity index (χ1n) is 9.28. The Kier molecular flexibility index (Phi) is 5.73. The van der Waals surface area contributed by atoms with Crippen LogP contribution in [-0.4, -0.2) is 46.2 Å². The van der Waals surface area contributed by atoms with Crippen LogP contribution in [0.5, 0.6) is 0 Å². The van der Waals surface area contributed by atoms with Crippen molar-refractivity contribution < 1.29 is 13.6 Å². The lowest BCUT2D eigenvalue weighted by atomic mass is 10.2. The van der Waals surface area contributed by atoms with E-state index in [2.05, 4.69) is 15.4 Å². The van der Waals surface area contributed by atoms with E-state index in [9.17, 15) is 9.18 Å². The lowest BCUT2D eigenvalue weighted by Crippen LogP contribution is -2.34. The molecule has 4 rings (SSSR count). The molecule has 0 aliphatic carbocycles. The molecule has 0 spiro atoms. The van der Waals surface area contributed by atoms with E-state index in [1.165, 1.54) is 23.5 Å². The van der Waals surface area contributed by atoms with Crippen molar-refractivity contribution in [3.63, 3.8) is 0 Å². The molecule has 30 heavy (non-hydrogen) atoms. The van der Waals surface area contributed by atoms with Crippen LogP contribution in [-0.2, 0) is 0 Å². The van der Waals surface area contributed by atoms with Gasteiger partial charge in [-0.3, -0.25) is 9.69 Å². The van der Waals surface area contributed by atoms with Gasteiger partial charge in [0.2, 0.25) is 5.82 Å². The van der Waals surface area contributed by atoms with Gasteiger partial charge in [0.15, 0.2) is 5.82 Å². The Labute approximate surface area is 176 Å². The van der Waals surface area contributed by atoms with Gasteiger partial charge in [0.1, 0.15) is 11.6 Å². The van der Waals surface area contributed by atoms with Crippen LogP contribution >= 0.6 is 11.3 Å². The number of hydrogen-bond acceptors (Lipinski definition) is 6. The Morgan fingerprint density at radius 3 is 2.67 bits per heavy atom. The number of hydrogen-bond donors (Lipinski definition) is 1. The summed E-state index contributed by atoms with van der Waals surface area (Å²) in [4.78, 5) is 20.1. The fraction of sp³-hybridized carbons (Fsp3) is 0.190. The van der Waals surface area contributed by atoms with Crippen LogP contribution in [0.25, 0.3) is 16.4 Å². The zero-order chi connectivity index (χ0) is 21.1. The highest BCUT2D eigenvalue weighted by Gasteiger charge is 2.22. The third-order valence-electron chi connectivity index (χ3n) is 4.57. The number of nitrogens with zero attached hydrogens (tertiary/aromatic N) is 4. The first kappa shape index (κ1) is 20.0. The van der Waals surface area contributed by atoms with Crippen molar-refractivity contribution in [3.8, 4) is 16.4 Å². The van der Waals surface area contributed by atoms with Crippen LogP contribution in [0.1, 0.15) is 22.4 Å². The van der Waals surface area contributed by atoms with Crippen molar-refractivity contribution in [1.82, 2.24) is 25.0 Å². The molecule has 1 amide bonds. The Bertz CT molecular complexity index is 1110. The quantitative estimate of drug-likeness (QED) is 0.488. The summed E-state index contributed by atoms with van der Waals surface area (Å²) in [5.74, 6) is 0.579. The van der Waals surface area contributed by atoms with Gasteiger partial charge in [-0.1, -0.05) is 6.07 Å². The second-order valence-corrected chi connectivity index (χ2v) is 7.78. The van der Waals surface area contributed by atoms with Crippen molar-refractivity contribution in [2.75, 3.05) is 20.6 Å². The number of likely N-dealkylation sites (N-methyl/N-ethyl adjacent to an activating group) is 1. The number of furan rings is 1. The van der Waals surface area contributed by atoms with E-state index < -0.39 is 5.91 Å². The number of carbonyl (C=O) groups is 1. The average Bonchev–Trinajstić information content (AvgIpc) is 3.49. The van der Waals surface area contributed by atoms with Crippen molar-refractivity contribution >= 4 is 17.2 Å². The third-order valence-corrected chi connectivity index (χ3v) is 5.44. The molecular weight excluding hydrogens is 405 g/mol. The van der Waals surface area contributed by atoms with Crippen LogP contribution in [0.2, 0.25) is 0 Å². The Morgan fingerprint density at radius 1 is 1.23 bits per heavy atom. The number of benzene rings is 1. The standard InChI is InChI=1S/C21H20FN5O2S/c1-26(2)16(17-5-3-11-29-17)13-23-21(28)19-24-20(18-6-4-12-30-18)27(25-19)15-9-7-14(22)8-10-15/h3-12,16H,13H2,1-2H3,(H,23,28)/t16-/m0/s1. The average molecular weight is 425 g/mol. The fourth-order valence-corrected chi connectivity index (χ4v) is 3.72. The molecule has 0 aliphatic rings. The van der Waals surface area contributed by atoms with Crippen molar-refractivity contribution in [2.45, 2.75) is 6.04 Å². The summed E-state index contributed by atoms with van der Waals surface area (Å²) in [6, 6.07) is 13.2. The van der Waals surface area contributed by atoms with Gasteiger partial charge >= 0.3 is 0 Å². The minimum Gasteiger partial charge on any atom is -0.468 e. The van der Waals surface area contributed by atoms with Gasteiger partial charge in [0, 0.05) is 6.54 Å². The van der Waals surface area contributed by atoms with E-state index in [0.29, 0.717) is 18.1 Å². The molecule has 0 saturated heterocycles. The zero-order valence-electron chi connectivity index (χ0n) is 16.4. The van der Waals surface area contributed by atoms with E-state index in [-0.39, 0.29) is 17.7 Å². The molecule has 0 bridgehead atoms. The largest absolute Gasteiger partial charge is 0.468 e. The first-order valence-corrected chi connectivity index (χ1v) is 10.2. The smallest absolute Gasteiger partial charge is 0.291 e. The Balaban J connectivity index is 1.60. The van der Waals surface area contributed by atoms with Gasteiger partial charge < -0.3 is 9.73 Å². The van der Waals surface area contributed by atoms with Gasteiger partial charge in [-0.25, -0.2) is 14.1 Å². The van der Waals surface area contributed by atoms with E-state index in [0.717, 1.165) is 10.6 Å². The summed E-state index contributed by atoms with van der Waals surface area (Å²) in [6.45, 7) is 0.332. The number of amides is 1. The molecule has 0 fully saturated rings. The monoisotopic (exact) mass is 425 g/mol. The molecular formula is C21H20FN5O2S. The fourth-order valence-electron chi connectivity index (χ4n) is 3.02. The molecule has 154 valence electrons. The van der Waals surface area contributed by atoms with Crippen LogP contribution in [0.3, 0.4) is 0 Å². The molecule has 0 saturated carbocycles. The molecule has 1 aromatic carbocycles. The maximum absolute atomic E-state index is 13.3. The van der Waals surface area contributed by atoms with Crippen LogP contribution in [0.4, 0.5) is 4.39 Å². The predicted molar refractivity (Wildman–Crippen MR) is 112 cm³/mol. The third kappa shape index (κ3) is 4.17. The lowest BCUT2D eigenvalue weighted by molar-refractivity contribution is 0.0928. The second-order valence-electron chi connectivity index (χ2n) is 6.83. The highest BCUT2D eigenvalue weighted by Crippen LogP contribution is 2.26. The van der Waals surface area contributed by atoms with Crippen molar-refractivity contribution in [2.24, 2.45) is 0 Å². The molecule has 4 aromatic rings. The number of nitrogens with one attached hydrogen (secondary N) is 1. The summed E-state index contributed by atoms with van der Waals surface area (Å²) < 4.78 is 20.4. The van der Waals surface area contributed by atoms with Crippen LogP contribution in [0, 0.1) is 5.82 Å². The second kappa shape index (κ2) is 8.60. The summed E-state index contributed by atoms with van der Waals surface area (Å²) in [7, 11) is 3.82. The molecule has 3 heterocycles.